The number of esters is 1. The molecule has 1 aromatic rings. The lowest BCUT2D eigenvalue weighted by Gasteiger charge is -2.44. The number of aromatic hydroxyl groups is 2. The molecule has 0 aromatic heterocycles. The van der Waals surface area contributed by atoms with Gasteiger partial charge >= 0.3 is 5.97 Å². The summed E-state index contributed by atoms with van der Waals surface area (Å²) in [6, 6.07) is 2.63. The molecule has 2 fully saturated rings. The third-order valence-corrected chi connectivity index (χ3v) is 8.33. The van der Waals surface area contributed by atoms with Crippen LogP contribution in [0, 0.1) is 5.92 Å². The molecule has 9 atom stereocenters. The molecule has 1 aromatic carbocycles. The third kappa shape index (κ3) is 7.75. The Morgan fingerprint density at radius 3 is 2.51 bits per heavy atom. The fourth-order valence-electron chi connectivity index (χ4n) is 4.93. The number of nitrogens with one attached hydrogen (secondary N) is 2. The van der Waals surface area contributed by atoms with E-state index in [1.54, 1.807) is 6.92 Å². The van der Waals surface area contributed by atoms with Gasteiger partial charge in [0.05, 0.1) is 18.2 Å². The van der Waals surface area contributed by atoms with Crippen molar-refractivity contribution >= 4 is 23.6 Å². The first-order valence-corrected chi connectivity index (χ1v) is 14.2. The number of amides is 1. The second kappa shape index (κ2) is 14.5. The normalized spacial score (nSPS) is 30.5. The SMILES string of the molecule is CCC[C@H]1CN[C@H](C(=O)N[C@@H]([C@H]2O[C@H](SCCOC(=O)c3c(O)cccc3O)[C@H](O)[C@@H](O)[C@H]2O)[C@@H](C)OC)C1. The molecule has 0 saturated carbocycles. The highest BCUT2D eigenvalue weighted by atomic mass is 32.2. The number of benzene rings is 1. The van der Waals surface area contributed by atoms with Gasteiger partial charge < -0.3 is 50.4 Å². The molecule has 1 amide bonds. The topological polar surface area (TPSA) is 187 Å². The first kappa shape index (κ1) is 31.4. The lowest BCUT2D eigenvalue weighted by molar-refractivity contribution is -0.212. The van der Waals surface area contributed by atoms with Gasteiger partial charge in [-0.2, -0.15) is 0 Å². The molecule has 2 aliphatic rings. The summed E-state index contributed by atoms with van der Waals surface area (Å²) in [6.07, 6.45) is -3.49. The highest BCUT2D eigenvalue weighted by molar-refractivity contribution is 7.99. The van der Waals surface area contributed by atoms with E-state index in [4.69, 9.17) is 14.2 Å². The van der Waals surface area contributed by atoms with Crippen molar-refractivity contribution in [1.82, 2.24) is 10.6 Å². The van der Waals surface area contributed by atoms with Gasteiger partial charge in [0.15, 0.2) is 0 Å². The van der Waals surface area contributed by atoms with Crippen LogP contribution >= 0.6 is 11.8 Å². The van der Waals surface area contributed by atoms with Crippen molar-refractivity contribution in [2.45, 2.75) is 81.1 Å². The van der Waals surface area contributed by atoms with Crippen LogP contribution in [0.2, 0.25) is 0 Å². The van der Waals surface area contributed by atoms with Gasteiger partial charge in [-0.3, -0.25) is 4.79 Å². The van der Waals surface area contributed by atoms with E-state index in [0.29, 0.717) is 12.3 Å². The number of aliphatic hydroxyl groups excluding tert-OH is 3. The summed E-state index contributed by atoms with van der Waals surface area (Å²) in [5.41, 5.74) is -1.38. The Labute approximate surface area is 232 Å². The van der Waals surface area contributed by atoms with Gasteiger partial charge in [0.1, 0.15) is 53.5 Å². The smallest absolute Gasteiger partial charge is 0.345 e. The number of hydrogen-bond donors (Lipinski definition) is 7. The molecule has 0 bridgehead atoms. The average molecular weight is 573 g/mol. The molecule has 220 valence electrons. The fraction of sp³-hybridized carbons (Fsp3) is 0.692. The Bertz CT molecular complexity index is 948. The minimum absolute atomic E-state index is 0.124. The molecule has 13 heteroatoms. The first-order valence-electron chi connectivity index (χ1n) is 13.1. The Hall–Kier alpha value is -2.13. The first-order chi connectivity index (χ1) is 18.6. The highest BCUT2D eigenvalue weighted by Gasteiger charge is 2.49. The van der Waals surface area contributed by atoms with E-state index in [-0.39, 0.29) is 23.8 Å². The van der Waals surface area contributed by atoms with Gasteiger partial charge in [-0.1, -0.05) is 19.4 Å². The number of carbonyl (C=O) groups excluding carboxylic acids is 2. The second-order valence-corrected chi connectivity index (χ2v) is 11.2. The standard InChI is InChI=1S/C26H40N2O10S/c1-4-6-14-11-15(27-12-14)24(34)28-19(13(2)36-3)23-21(32)20(31)22(33)26(38-23)39-10-9-37-25(35)18-16(29)7-5-8-17(18)30/h5,7-8,13-15,19-23,26-27,29-33H,4,6,9-12H2,1-3H3,(H,28,34)/t13-,14-,15+,19-,20+,21-,22-,23-,26-/m1/s1. The minimum atomic E-state index is -1.57. The monoisotopic (exact) mass is 572 g/mol. The van der Waals surface area contributed by atoms with Gasteiger partial charge in [0.25, 0.3) is 0 Å². The zero-order valence-electron chi connectivity index (χ0n) is 22.4. The van der Waals surface area contributed by atoms with Crippen molar-refractivity contribution in [3.05, 3.63) is 23.8 Å². The van der Waals surface area contributed by atoms with E-state index in [1.807, 2.05) is 0 Å². The quantitative estimate of drug-likeness (QED) is 0.132. The summed E-state index contributed by atoms with van der Waals surface area (Å²) in [7, 11) is 1.46. The molecular weight excluding hydrogens is 532 g/mol. The number of ether oxygens (including phenoxy) is 3. The van der Waals surface area contributed by atoms with Crippen LogP contribution < -0.4 is 10.6 Å². The minimum Gasteiger partial charge on any atom is -0.507 e. The van der Waals surface area contributed by atoms with Crippen LogP contribution in [0.1, 0.15) is 43.5 Å². The number of thioether (sulfide) groups is 1. The largest absolute Gasteiger partial charge is 0.507 e. The number of carbonyl (C=O) groups is 2. The summed E-state index contributed by atoms with van der Waals surface area (Å²) in [6.45, 7) is 4.39. The Kier molecular flexibility index (Phi) is 11.7. The van der Waals surface area contributed by atoms with Crippen LogP contribution in [-0.2, 0) is 19.0 Å². The Morgan fingerprint density at radius 2 is 1.87 bits per heavy atom. The van der Waals surface area contributed by atoms with Crippen LogP contribution in [-0.4, -0.2) is 111 Å². The molecule has 3 rings (SSSR count). The summed E-state index contributed by atoms with van der Waals surface area (Å²) < 4.78 is 16.5. The van der Waals surface area contributed by atoms with Crippen molar-refractivity contribution < 1.29 is 49.3 Å². The number of hydrogen-bond acceptors (Lipinski definition) is 12. The van der Waals surface area contributed by atoms with E-state index in [0.717, 1.165) is 31.1 Å². The lowest BCUT2D eigenvalue weighted by Crippen LogP contribution is -2.66. The van der Waals surface area contributed by atoms with Crippen LogP contribution in [0.3, 0.4) is 0 Å². The summed E-state index contributed by atoms with van der Waals surface area (Å²) in [4.78, 5) is 25.3. The molecule has 12 nitrogen and oxygen atoms in total. The number of methoxy groups -OCH3 is 1. The lowest BCUT2D eigenvalue weighted by atomic mass is 9.91. The van der Waals surface area contributed by atoms with Crippen molar-refractivity contribution in [2.24, 2.45) is 5.92 Å². The molecule has 0 aliphatic carbocycles. The molecule has 7 N–H and O–H groups in total. The molecule has 2 saturated heterocycles. The average Bonchev–Trinajstić information content (AvgIpc) is 3.38. The molecule has 2 heterocycles. The van der Waals surface area contributed by atoms with Crippen LogP contribution in [0.4, 0.5) is 0 Å². The third-order valence-electron chi connectivity index (χ3n) is 7.21. The molecule has 2 aliphatic heterocycles. The molecular formula is C26H40N2O10S. The highest BCUT2D eigenvalue weighted by Crippen LogP contribution is 2.32. The van der Waals surface area contributed by atoms with Crippen molar-refractivity contribution in [3.63, 3.8) is 0 Å². The van der Waals surface area contributed by atoms with Crippen molar-refractivity contribution in [2.75, 3.05) is 26.0 Å². The molecule has 0 radical (unpaired) electrons. The van der Waals surface area contributed by atoms with Gasteiger partial charge in [-0.05, 0) is 44.4 Å². The van der Waals surface area contributed by atoms with E-state index in [2.05, 4.69) is 17.6 Å². The van der Waals surface area contributed by atoms with E-state index < -0.39 is 65.5 Å². The molecule has 39 heavy (non-hydrogen) atoms. The Morgan fingerprint density at radius 1 is 1.18 bits per heavy atom. The van der Waals surface area contributed by atoms with Crippen molar-refractivity contribution in [1.29, 1.82) is 0 Å². The fourth-order valence-corrected chi connectivity index (χ4v) is 5.91. The number of phenols is 2. The maximum atomic E-state index is 13.1. The summed E-state index contributed by atoms with van der Waals surface area (Å²) in [5.74, 6) is -1.51. The summed E-state index contributed by atoms with van der Waals surface area (Å²) in [5, 5.41) is 57.7. The van der Waals surface area contributed by atoms with Crippen LogP contribution in [0.25, 0.3) is 0 Å². The van der Waals surface area contributed by atoms with Gasteiger partial charge in [0.2, 0.25) is 5.91 Å². The number of rotatable bonds is 12. The van der Waals surface area contributed by atoms with Gasteiger partial charge in [-0.15, -0.1) is 11.8 Å². The van der Waals surface area contributed by atoms with Crippen LogP contribution in [0.5, 0.6) is 11.5 Å². The molecule has 0 spiro atoms. The van der Waals surface area contributed by atoms with Crippen LogP contribution in [0.15, 0.2) is 18.2 Å². The zero-order valence-corrected chi connectivity index (χ0v) is 23.2. The summed E-state index contributed by atoms with van der Waals surface area (Å²) >= 11 is 1.04. The van der Waals surface area contributed by atoms with E-state index in [1.165, 1.54) is 25.3 Å². The maximum Gasteiger partial charge on any atom is 0.345 e. The van der Waals surface area contributed by atoms with Gasteiger partial charge in [0, 0.05) is 12.9 Å². The van der Waals surface area contributed by atoms with E-state index in [9.17, 15) is 35.1 Å². The predicted molar refractivity (Wildman–Crippen MR) is 142 cm³/mol. The van der Waals surface area contributed by atoms with Crippen molar-refractivity contribution in [3.8, 4) is 11.5 Å². The van der Waals surface area contributed by atoms with Gasteiger partial charge in [-0.25, -0.2) is 4.79 Å². The predicted octanol–water partition coefficient (Wildman–Crippen LogP) is 0.0933. The number of aliphatic hydroxyl groups is 3. The number of phenolic OH excluding ortho intramolecular Hbond substituents is 2. The molecule has 0 unspecified atom stereocenters. The second-order valence-electron chi connectivity index (χ2n) is 9.95. The maximum absolute atomic E-state index is 13.1. The Balaban J connectivity index is 1.61. The van der Waals surface area contributed by atoms with E-state index >= 15 is 0 Å². The zero-order chi connectivity index (χ0) is 28.7.